The van der Waals surface area contributed by atoms with Crippen molar-refractivity contribution in [3.8, 4) is 45.5 Å². The van der Waals surface area contributed by atoms with Crippen LogP contribution in [0.25, 0.3) is 72.4 Å². The predicted octanol–water partition coefficient (Wildman–Crippen LogP) is 14.8. The summed E-state index contributed by atoms with van der Waals surface area (Å²) in [6.07, 6.45) is 1.87. The van der Waals surface area contributed by atoms with E-state index in [1.54, 1.807) is 18.2 Å². The molecule has 65 heavy (non-hydrogen) atoms. The summed E-state index contributed by atoms with van der Waals surface area (Å²) in [7, 11) is 0. The molecule has 0 fully saturated rings. The smallest absolute Gasteiger partial charge is 0 e. The number of rotatable bonds is 7. The molecule has 0 spiro atoms. The first-order valence-corrected chi connectivity index (χ1v) is 29.1. The van der Waals surface area contributed by atoms with Crippen LogP contribution < -0.4 is 4.40 Å². The fourth-order valence-corrected chi connectivity index (χ4v) is 10.6. The van der Waals surface area contributed by atoms with Gasteiger partial charge in [0.1, 0.15) is 11.4 Å². The van der Waals surface area contributed by atoms with Crippen LogP contribution in [0.5, 0.6) is 0 Å². The van der Waals surface area contributed by atoms with Gasteiger partial charge in [0.15, 0.2) is 0 Å². The molecule has 0 bridgehead atoms. The minimum Gasteiger partial charge on any atom is 0 e. The Bertz CT molecular complexity index is 3170. The third-order valence-electron chi connectivity index (χ3n) is 11.8. The van der Waals surface area contributed by atoms with Crippen LogP contribution in [0.4, 0.5) is 8.78 Å². The second-order valence-electron chi connectivity index (χ2n) is 19.1. The number of nitrogens with zero attached hydrogens (tertiary/aromatic N) is 4. The van der Waals surface area contributed by atoms with E-state index in [1.807, 2.05) is 42.6 Å². The van der Waals surface area contributed by atoms with Gasteiger partial charge in [0, 0.05) is 37.5 Å². The van der Waals surface area contributed by atoms with Crippen molar-refractivity contribution in [3.63, 3.8) is 0 Å². The fraction of sp³-hybridized carbons (Fsp3) is 0.232. The first-order valence-electron chi connectivity index (χ1n) is 21.8. The molecule has 9 rings (SSSR count). The Morgan fingerprint density at radius 3 is 2.08 bits per heavy atom. The van der Waals surface area contributed by atoms with Crippen LogP contribution in [0.2, 0.25) is 17.3 Å². The summed E-state index contributed by atoms with van der Waals surface area (Å²) in [5.74, 6) is 7.61. The number of nitriles is 1. The molecule has 0 aliphatic rings. The summed E-state index contributed by atoms with van der Waals surface area (Å²) in [4.78, 5) is 9.57. The molecule has 0 saturated carbocycles. The Morgan fingerprint density at radius 2 is 1.49 bits per heavy atom. The van der Waals surface area contributed by atoms with Crippen LogP contribution in [0.3, 0.4) is 0 Å². The zero-order chi connectivity index (χ0) is 45.7. The Labute approximate surface area is 397 Å². The van der Waals surface area contributed by atoms with E-state index in [4.69, 9.17) is 9.40 Å². The van der Waals surface area contributed by atoms with Gasteiger partial charge in [0.2, 0.25) is 0 Å². The third kappa shape index (κ3) is 9.52. The first kappa shape index (κ1) is 47.3. The predicted molar refractivity (Wildman–Crippen MR) is 261 cm³/mol. The van der Waals surface area contributed by atoms with Gasteiger partial charge in [-0.05, 0) is 28.8 Å². The number of benzene rings is 6. The molecule has 0 unspecified atom stereocenters. The van der Waals surface area contributed by atoms with E-state index in [9.17, 15) is 9.65 Å². The van der Waals surface area contributed by atoms with Gasteiger partial charge in [-0.15, -0.1) is 42.0 Å². The van der Waals surface area contributed by atoms with Crippen molar-refractivity contribution in [3.05, 3.63) is 167 Å². The summed E-state index contributed by atoms with van der Waals surface area (Å²) in [5, 5.41) is 10.5. The second kappa shape index (κ2) is 18.6. The maximum absolute atomic E-state index is 15.3. The molecule has 0 N–H and O–H groups in total. The van der Waals surface area contributed by atoms with E-state index in [0.29, 0.717) is 33.3 Å². The number of fused-ring (bicyclic) bond motifs is 4. The Hall–Kier alpha value is -5.72. The topological polar surface area (TPSA) is 67.6 Å². The Kier molecular flexibility index (Phi) is 13.6. The number of hydrogen-bond acceptors (Lipinski definition) is 4. The normalized spacial score (nSPS) is 11.8. The number of imidazole rings is 1. The van der Waals surface area contributed by atoms with E-state index in [-0.39, 0.29) is 48.7 Å². The van der Waals surface area contributed by atoms with E-state index < -0.39 is 19.1 Å². The van der Waals surface area contributed by atoms with Gasteiger partial charge in [-0.25, -0.2) is 4.39 Å². The molecular formula is C56H52F2GeIrN4O-2. The fourth-order valence-electron chi connectivity index (χ4n) is 8.18. The molecule has 9 heteroatoms. The third-order valence-corrected chi connectivity index (χ3v) is 16.1. The first-order chi connectivity index (χ1) is 30.4. The standard InChI is InChI=1S/C41H37FGeN3O.C15H15FN.Ir/c1-24(2)32-21-28(27-15-17-29(18-16-27)43(5,6)7)22-33(25(3)4)39(32)46-36-14-9-8-13-35(36)45-41(46)31-12-10-11-30-38-34(42)19-26(23-44)20-37(38)47-40(30)31;1-15(2,3)12-6-9-14(17-10-12)11-4-7-13(16)8-5-11;/h8-11,13-22,24-25H,1-7H3;4,6-10H,1-3H3;/q2*-1;. The molecule has 0 saturated heterocycles. The number of pyridine rings is 1. The molecule has 0 aliphatic carbocycles. The summed E-state index contributed by atoms with van der Waals surface area (Å²) in [6.45, 7) is 15.4. The van der Waals surface area contributed by atoms with Crippen LogP contribution in [0.1, 0.15) is 82.6 Å². The summed E-state index contributed by atoms with van der Waals surface area (Å²) in [5.41, 5.74) is 12.4. The number of para-hydroxylation sites is 2. The molecule has 3 heterocycles. The second-order valence-corrected chi connectivity index (χ2v) is 29.8. The van der Waals surface area contributed by atoms with Crippen LogP contribution in [0.15, 0.2) is 126 Å². The summed E-state index contributed by atoms with van der Waals surface area (Å²) < 4.78 is 38.2. The van der Waals surface area contributed by atoms with Crippen molar-refractivity contribution in [2.24, 2.45) is 0 Å². The zero-order valence-electron chi connectivity index (χ0n) is 38.5. The molecule has 6 aromatic carbocycles. The van der Waals surface area contributed by atoms with E-state index in [0.717, 1.165) is 28.0 Å². The average Bonchev–Trinajstić information content (AvgIpc) is 3.85. The van der Waals surface area contributed by atoms with Crippen molar-refractivity contribution >= 4 is 50.6 Å². The molecule has 9 aromatic rings. The molecular weight excluding hydrogens is 1050 g/mol. The van der Waals surface area contributed by atoms with E-state index in [1.165, 1.54) is 50.4 Å². The number of hydrogen-bond donors (Lipinski definition) is 0. The van der Waals surface area contributed by atoms with Crippen molar-refractivity contribution in [2.45, 2.75) is 83.0 Å². The monoisotopic (exact) mass is 1100 g/mol. The van der Waals surface area contributed by atoms with Gasteiger partial charge >= 0.3 is 201 Å². The van der Waals surface area contributed by atoms with Gasteiger partial charge < -0.3 is 9.40 Å². The summed E-state index contributed by atoms with van der Waals surface area (Å²) >= 11 is -1.94. The molecule has 5 nitrogen and oxygen atoms in total. The van der Waals surface area contributed by atoms with Gasteiger partial charge in [0.05, 0.1) is 11.6 Å². The summed E-state index contributed by atoms with van der Waals surface area (Å²) in [6, 6.07) is 45.2. The Balaban J connectivity index is 0.000000295. The van der Waals surface area contributed by atoms with Crippen LogP contribution >= 0.6 is 0 Å². The van der Waals surface area contributed by atoms with Gasteiger partial charge in [-0.3, -0.25) is 4.39 Å². The number of furan rings is 1. The number of aromatic nitrogens is 3. The van der Waals surface area contributed by atoms with Gasteiger partial charge in [-0.1, -0.05) is 44.4 Å². The maximum atomic E-state index is 15.3. The maximum Gasteiger partial charge on any atom is 0 e. The SMILES string of the molecule is CC(C)(C)c1ccc(-c2[c-]cc(F)cc2)nc1.CC(C)c1cc(-c2cc[c]([Ge]([CH3])([CH3])[CH3])cc2)cc(C(C)C)c1-n1c(-c2[c-]ccc3c2oc2cc(C#N)cc(F)c23)nc2ccccc21.[Ir]. The van der Waals surface area contributed by atoms with Crippen molar-refractivity contribution < 1.29 is 33.3 Å². The molecule has 0 atom stereocenters. The Morgan fingerprint density at radius 1 is 0.800 bits per heavy atom. The molecule has 0 amide bonds. The van der Waals surface area contributed by atoms with Gasteiger partial charge in [0.25, 0.3) is 0 Å². The largest absolute Gasteiger partial charge is 0 e. The molecule has 3 aromatic heterocycles. The van der Waals surface area contributed by atoms with E-state index >= 15 is 4.39 Å². The quantitative estimate of drug-likeness (QED) is 0.118. The van der Waals surface area contributed by atoms with Crippen LogP contribution in [0, 0.1) is 35.1 Å². The molecule has 0 aliphatic heterocycles. The van der Waals surface area contributed by atoms with Crippen molar-refractivity contribution in [1.29, 1.82) is 5.26 Å². The minimum absolute atomic E-state index is 0. The van der Waals surface area contributed by atoms with Crippen LogP contribution in [-0.4, -0.2) is 27.8 Å². The van der Waals surface area contributed by atoms with Gasteiger partial charge in [-0.2, -0.15) is 5.26 Å². The number of halogens is 2. The van der Waals surface area contributed by atoms with E-state index in [2.05, 4.69) is 136 Å². The average molecular weight is 1100 g/mol. The van der Waals surface area contributed by atoms with Crippen LogP contribution in [-0.2, 0) is 25.5 Å². The zero-order valence-corrected chi connectivity index (χ0v) is 43.0. The molecule has 331 valence electrons. The minimum atomic E-state index is -1.94. The molecule has 1 radical (unpaired) electrons. The van der Waals surface area contributed by atoms with Crippen molar-refractivity contribution in [1.82, 2.24) is 14.5 Å². The van der Waals surface area contributed by atoms with Crippen molar-refractivity contribution in [2.75, 3.05) is 0 Å².